The fraction of sp³-hybridized carbons (Fsp3) is 1.00. The van der Waals surface area contributed by atoms with Gasteiger partial charge in [0, 0.05) is 0 Å². The summed E-state index contributed by atoms with van der Waals surface area (Å²) < 4.78 is 14.2. The molecular formula is C4H9BrNO2P. The van der Waals surface area contributed by atoms with Crippen LogP contribution in [-0.2, 0) is 9.09 Å². The lowest BCUT2D eigenvalue weighted by Gasteiger charge is -1.99. The fourth-order valence-electron chi connectivity index (χ4n) is 0.380. The van der Waals surface area contributed by atoms with E-state index in [0.29, 0.717) is 6.61 Å². The molecule has 1 unspecified atom stereocenters. The van der Waals surface area contributed by atoms with Crippen molar-refractivity contribution in [3.63, 3.8) is 0 Å². The molecule has 0 bridgehead atoms. The Morgan fingerprint density at radius 3 is 2.89 bits per heavy atom. The van der Waals surface area contributed by atoms with Gasteiger partial charge in [0.1, 0.15) is 0 Å². The first-order valence-electron chi connectivity index (χ1n) is 2.61. The first-order chi connectivity index (χ1) is 4.27. The lowest BCUT2D eigenvalue weighted by molar-refractivity contribution is 0.331. The molecule has 5 heteroatoms. The maximum atomic E-state index is 9.68. The lowest BCUT2D eigenvalue weighted by Crippen LogP contribution is -2.10. The normalized spacial score (nSPS) is 14.0. The van der Waals surface area contributed by atoms with Gasteiger partial charge in [-0.1, -0.05) is 15.9 Å². The summed E-state index contributed by atoms with van der Waals surface area (Å²) in [5, 5.41) is 0. The van der Waals surface area contributed by atoms with Crippen molar-refractivity contribution in [2.75, 3.05) is 6.61 Å². The third-order valence-electron chi connectivity index (χ3n) is 0.768. The predicted molar refractivity (Wildman–Crippen MR) is 39.7 cm³/mol. The lowest BCUT2D eigenvalue weighted by atomic mass is 10.3. The van der Waals surface area contributed by atoms with Crippen LogP contribution in [0.4, 0.5) is 0 Å². The van der Waals surface area contributed by atoms with Gasteiger partial charge in [0.15, 0.2) is 0 Å². The summed E-state index contributed by atoms with van der Waals surface area (Å²) in [4.78, 5) is 0.0319. The zero-order chi connectivity index (χ0) is 7.11. The Hall–Kier alpha value is 0.500. The summed E-state index contributed by atoms with van der Waals surface area (Å²) in [7, 11) is -0.249. The van der Waals surface area contributed by atoms with Crippen molar-refractivity contribution in [1.82, 2.24) is 0 Å². The summed E-state index contributed by atoms with van der Waals surface area (Å²) in [6, 6.07) is 0. The van der Waals surface area contributed by atoms with E-state index in [1.807, 2.05) is 0 Å². The minimum absolute atomic E-state index is 0.0319. The van der Waals surface area contributed by atoms with Gasteiger partial charge in [0.2, 0.25) is 0 Å². The quantitative estimate of drug-likeness (QED) is 0.327. The number of alkyl halides is 1. The molecule has 0 aliphatic carbocycles. The fourth-order valence-corrected chi connectivity index (χ4v) is 0.908. The number of halogens is 1. The van der Waals surface area contributed by atoms with Crippen LogP contribution in [0.25, 0.3) is 0 Å². The summed E-state index contributed by atoms with van der Waals surface area (Å²) in [6.45, 7) is 0.504. The van der Waals surface area contributed by atoms with Crippen molar-refractivity contribution in [2.45, 2.75) is 17.8 Å². The van der Waals surface area contributed by atoms with Gasteiger partial charge in [-0.25, -0.2) is 4.57 Å². The average Bonchev–Trinajstić information content (AvgIpc) is 1.80. The van der Waals surface area contributed by atoms with E-state index in [9.17, 15) is 4.57 Å². The second-order valence-corrected chi connectivity index (χ2v) is 3.15. The standard InChI is InChI=1S/C4H9BrNO2P/c5-4(6)2-1-3-8-9-7/h4H,1-3,6H2. The molecule has 2 N–H and O–H groups in total. The molecule has 3 nitrogen and oxygen atoms in total. The van der Waals surface area contributed by atoms with Gasteiger partial charge >= 0.3 is 8.69 Å². The van der Waals surface area contributed by atoms with Crippen LogP contribution in [-0.4, -0.2) is 11.6 Å². The van der Waals surface area contributed by atoms with Crippen LogP contribution in [0.5, 0.6) is 0 Å². The molecule has 0 amide bonds. The van der Waals surface area contributed by atoms with Crippen LogP contribution in [0.1, 0.15) is 12.8 Å². The summed E-state index contributed by atoms with van der Waals surface area (Å²) >= 11 is 3.17. The molecule has 0 aliphatic rings. The van der Waals surface area contributed by atoms with Crippen LogP contribution >= 0.6 is 24.6 Å². The van der Waals surface area contributed by atoms with E-state index in [0.717, 1.165) is 12.8 Å². The van der Waals surface area contributed by atoms with E-state index >= 15 is 0 Å². The first kappa shape index (κ1) is 9.50. The number of hydrogen-bond donors (Lipinski definition) is 1. The van der Waals surface area contributed by atoms with Crippen molar-refractivity contribution >= 4 is 24.6 Å². The Bertz CT molecular complexity index is 81.0. The molecular weight excluding hydrogens is 205 g/mol. The Morgan fingerprint density at radius 2 is 2.44 bits per heavy atom. The van der Waals surface area contributed by atoms with Crippen LogP contribution < -0.4 is 5.73 Å². The summed E-state index contributed by atoms with van der Waals surface area (Å²) in [6.07, 6.45) is 1.68. The van der Waals surface area contributed by atoms with Gasteiger partial charge in [-0.05, 0) is 12.8 Å². The summed E-state index contributed by atoms with van der Waals surface area (Å²) in [5.74, 6) is 0. The molecule has 0 aromatic rings. The Morgan fingerprint density at radius 1 is 1.78 bits per heavy atom. The molecule has 0 aliphatic heterocycles. The van der Waals surface area contributed by atoms with Crippen molar-refractivity contribution in [3.05, 3.63) is 0 Å². The van der Waals surface area contributed by atoms with Gasteiger partial charge in [-0.3, -0.25) is 4.52 Å². The van der Waals surface area contributed by atoms with Crippen LogP contribution in [0.15, 0.2) is 0 Å². The topological polar surface area (TPSA) is 52.3 Å². The molecule has 0 saturated heterocycles. The largest absolute Gasteiger partial charge is 0.327 e. The number of hydrogen-bond acceptors (Lipinski definition) is 3. The third-order valence-corrected chi connectivity index (χ3v) is 1.51. The Labute approximate surface area is 64.4 Å². The van der Waals surface area contributed by atoms with E-state index in [2.05, 4.69) is 20.5 Å². The van der Waals surface area contributed by atoms with Crippen LogP contribution in [0, 0.1) is 0 Å². The monoisotopic (exact) mass is 213 g/mol. The van der Waals surface area contributed by atoms with Gasteiger partial charge < -0.3 is 5.73 Å². The molecule has 0 aromatic carbocycles. The number of nitrogens with two attached hydrogens (primary N) is 1. The average molecular weight is 214 g/mol. The van der Waals surface area contributed by atoms with Gasteiger partial charge in [-0.15, -0.1) is 0 Å². The Balaban J connectivity index is 2.82. The molecule has 0 heterocycles. The highest BCUT2D eigenvalue weighted by Crippen LogP contribution is 2.03. The molecule has 0 radical (unpaired) electrons. The van der Waals surface area contributed by atoms with E-state index in [1.165, 1.54) is 0 Å². The predicted octanol–water partition coefficient (Wildman–Crippen LogP) is 1.67. The number of rotatable bonds is 5. The molecule has 0 spiro atoms. The maximum Gasteiger partial charge on any atom is 0.327 e. The highest BCUT2D eigenvalue weighted by molar-refractivity contribution is 9.09. The summed E-state index contributed by atoms with van der Waals surface area (Å²) in [5.41, 5.74) is 5.36. The molecule has 0 aromatic heterocycles. The second kappa shape index (κ2) is 6.62. The van der Waals surface area contributed by atoms with Crippen LogP contribution in [0.3, 0.4) is 0 Å². The van der Waals surface area contributed by atoms with Gasteiger partial charge in [0.25, 0.3) is 0 Å². The van der Waals surface area contributed by atoms with Crippen molar-refractivity contribution in [1.29, 1.82) is 0 Å². The van der Waals surface area contributed by atoms with Crippen LogP contribution in [0.2, 0.25) is 0 Å². The minimum atomic E-state index is -0.249. The third kappa shape index (κ3) is 8.50. The highest BCUT2D eigenvalue weighted by Gasteiger charge is 1.94. The van der Waals surface area contributed by atoms with Crippen molar-refractivity contribution < 1.29 is 9.09 Å². The minimum Gasteiger partial charge on any atom is -0.319 e. The zero-order valence-electron chi connectivity index (χ0n) is 4.92. The van der Waals surface area contributed by atoms with E-state index in [-0.39, 0.29) is 13.6 Å². The molecule has 9 heavy (non-hydrogen) atoms. The van der Waals surface area contributed by atoms with E-state index in [4.69, 9.17) is 5.73 Å². The zero-order valence-corrected chi connectivity index (χ0v) is 7.40. The van der Waals surface area contributed by atoms with Gasteiger partial charge in [-0.2, -0.15) is 0 Å². The highest BCUT2D eigenvalue weighted by atomic mass is 79.9. The second-order valence-electron chi connectivity index (χ2n) is 1.57. The van der Waals surface area contributed by atoms with E-state index in [1.54, 1.807) is 0 Å². The SMILES string of the molecule is NC(Br)CCCOP=O. The Kier molecular flexibility index (Phi) is 6.99. The van der Waals surface area contributed by atoms with Crippen molar-refractivity contribution in [2.24, 2.45) is 5.73 Å². The molecule has 0 saturated carbocycles. The molecule has 1 atom stereocenters. The van der Waals surface area contributed by atoms with Gasteiger partial charge in [0.05, 0.1) is 11.6 Å². The molecule has 0 rings (SSSR count). The first-order valence-corrected chi connectivity index (χ1v) is 4.26. The maximum absolute atomic E-state index is 9.68. The molecule has 54 valence electrons. The smallest absolute Gasteiger partial charge is 0.319 e. The molecule has 0 fully saturated rings. The van der Waals surface area contributed by atoms with Crippen molar-refractivity contribution in [3.8, 4) is 0 Å². The van der Waals surface area contributed by atoms with E-state index < -0.39 is 0 Å².